The highest BCUT2D eigenvalue weighted by Gasteiger charge is 2.19. The molecule has 0 fully saturated rings. The zero-order valence-electron chi connectivity index (χ0n) is 9.54. The Morgan fingerprint density at radius 2 is 2.06 bits per heavy atom. The van der Waals surface area contributed by atoms with Crippen molar-refractivity contribution in [3.63, 3.8) is 0 Å². The fraction of sp³-hybridized carbons (Fsp3) is 0.500. The number of hydrogen-bond acceptors (Lipinski definition) is 3. The molecule has 17 heavy (non-hydrogen) atoms. The maximum absolute atomic E-state index is 5.64. The number of hydrogen-bond donors (Lipinski definition) is 0. The van der Waals surface area contributed by atoms with E-state index in [1.54, 1.807) is 0 Å². The molecule has 0 spiro atoms. The van der Waals surface area contributed by atoms with Crippen molar-refractivity contribution in [3.8, 4) is 17.2 Å². The van der Waals surface area contributed by atoms with Gasteiger partial charge < -0.3 is 14.2 Å². The molecule has 1 aliphatic heterocycles. The molecule has 0 unspecified atom stereocenters. The van der Waals surface area contributed by atoms with Crippen LogP contribution in [0.1, 0.15) is 12.5 Å². The number of ether oxygens (including phenoxy) is 3. The van der Waals surface area contributed by atoms with E-state index in [9.17, 15) is 0 Å². The maximum Gasteiger partial charge on any atom is 0.231 e. The quantitative estimate of drug-likeness (QED) is 0.747. The second-order valence-electron chi connectivity index (χ2n) is 3.70. The van der Waals surface area contributed by atoms with E-state index in [1.807, 2.05) is 19.1 Å². The van der Waals surface area contributed by atoms with Crippen molar-refractivity contribution >= 4 is 31.9 Å². The van der Waals surface area contributed by atoms with E-state index >= 15 is 0 Å². The minimum Gasteiger partial charge on any atom is -0.493 e. The van der Waals surface area contributed by atoms with Gasteiger partial charge in [0.05, 0.1) is 6.61 Å². The van der Waals surface area contributed by atoms with Crippen LogP contribution in [-0.2, 0) is 6.42 Å². The first kappa shape index (κ1) is 13.0. The summed E-state index contributed by atoms with van der Waals surface area (Å²) in [7, 11) is 0. The smallest absolute Gasteiger partial charge is 0.231 e. The molecule has 1 aromatic rings. The van der Waals surface area contributed by atoms with Gasteiger partial charge in [-0.15, -0.1) is 0 Å². The van der Waals surface area contributed by atoms with Crippen LogP contribution in [0.5, 0.6) is 17.2 Å². The van der Waals surface area contributed by atoms with Crippen LogP contribution < -0.4 is 14.2 Å². The highest BCUT2D eigenvalue weighted by molar-refractivity contribution is 9.12. The molecular formula is C12H14Br2O3. The summed E-state index contributed by atoms with van der Waals surface area (Å²) < 4.78 is 16.4. The molecule has 0 aliphatic carbocycles. The fourth-order valence-electron chi connectivity index (χ4n) is 1.71. The Kier molecular flexibility index (Phi) is 4.56. The predicted molar refractivity (Wildman–Crippen MR) is 73.9 cm³/mol. The Bertz CT molecular complexity index is 396. The molecule has 1 atom stereocenters. The van der Waals surface area contributed by atoms with E-state index < -0.39 is 0 Å². The molecule has 0 saturated carbocycles. The normalized spacial score (nSPS) is 14.8. The summed E-state index contributed by atoms with van der Waals surface area (Å²) in [5.41, 5.74) is 1.14. The summed E-state index contributed by atoms with van der Waals surface area (Å²) >= 11 is 7.06. The minimum absolute atomic E-state index is 0.292. The predicted octanol–water partition coefficient (Wildman–Crippen LogP) is 3.51. The standard InChI is InChI=1S/C12H14Br2O3/c1-2-15-10-5-12-11(16-7-17-12)4-8(10)3-9(14)6-13/h4-5,9H,2-3,6-7H2,1H3/t9-/m1/s1. The molecule has 0 saturated heterocycles. The highest BCUT2D eigenvalue weighted by atomic mass is 79.9. The van der Waals surface area contributed by atoms with Gasteiger partial charge in [-0.3, -0.25) is 0 Å². The van der Waals surface area contributed by atoms with Gasteiger partial charge in [-0.25, -0.2) is 0 Å². The van der Waals surface area contributed by atoms with Gasteiger partial charge in [-0.05, 0) is 25.0 Å². The third-order valence-electron chi connectivity index (χ3n) is 2.46. The van der Waals surface area contributed by atoms with E-state index in [1.165, 1.54) is 0 Å². The van der Waals surface area contributed by atoms with Crippen LogP contribution in [0.25, 0.3) is 0 Å². The second-order valence-corrected chi connectivity index (χ2v) is 5.64. The lowest BCUT2D eigenvalue weighted by Gasteiger charge is -2.13. The van der Waals surface area contributed by atoms with Gasteiger partial charge in [0.15, 0.2) is 11.5 Å². The van der Waals surface area contributed by atoms with Crippen LogP contribution in [0.4, 0.5) is 0 Å². The Morgan fingerprint density at radius 3 is 2.71 bits per heavy atom. The van der Waals surface area contributed by atoms with E-state index in [2.05, 4.69) is 31.9 Å². The summed E-state index contributed by atoms with van der Waals surface area (Å²) in [6, 6.07) is 3.92. The highest BCUT2D eigenvalue weighted by Crippen LogP contribution is 2.39. The lowest BCUT2D eigenvalue weighted by Crippen LogP contribution is -2.06. The van der Waals surface area contributed by atoms with Gasteiger partial charge >= 0.3 is 0 Å². The Morgan fingerprint density at radius 1 is 1.35 bits per heavy atom. The topological polar surface area (TPSA) is 27.7 Å². The van der Waals surface area contributed by atoms with Crippen molar-refractivity contribution in [2.45, 2.75) is 18.2 Å². The Balaban J connectivity index is 2.27. The molecule has 1 aromatic carbocycles. The third kappa shape index (κ3) is 3.07. The second kappa shape index (κ2) is 5.96. The molecule has 1 aliphatic rings. The van der Waals surface area contributed by atoms with Gasteiger partial charge in [0.25, 0.3) is 0 Å². The first-order valence-corrected chi connectivity index (χ1v) is 7.53. The maximum atomic E-state index is 5.64. The molecular weight excluding hydrogens is 352 g/mol. The zero-order valence-corrected chi connectivity index (χ0v) is 12.7. The summed E-state index contributed by atoms with van der Waals surface area (Å²) in [5, 5.41) is 0.896. The molecule has 0 radical (unpaired) electrons. The summed E-state index contributed by atoms with van der Waals surface area (Å²) in [6.07, 6.45) is 0.886. The fourth-order valence-corrected chi connectivity index (χ4v) is 2.29. The van der Waals surface area contributed by atoms with Crippen molar-refractivity contribution in [1.29, 1.82) is 0 Å². The number of halogens is 2. The first-order chi connectivity index (χ1) is 8.24. The number of alkyl halides is 2. The molecule has 94 valence electrons. The zero-order chi connectivity index (χ0) is 12.3. The lowest BCUT2D eigenvalue weighted by molar-refractivity contribution is 0.173. The molecule has 1 heterocycles. The molecule has 0 amide bonds. The van der Waals surface area contributed by atoms with Gasteiger partial charge in [-0.2, -0.15) is 0 Å². The van der Waals surface area contributed by atoms with E-state index in [-0.39, 0.29) is 0 Å². The lowest BCUT2D eigenvalue weighted by atomic mass is 10.1. The van der Waals surface area contributed by atoms with Gasteiger partial charge in [0.1, 0.15) is 5.75 Å². The molecule has 3 nitrogen and oxygen atoms in total. The molecule has 0 N–H and O–H groups in total. The third-order valence-corrected chi connectivity index (χ3v) is 4.76. The van der Waals surface area contributed by atoms with Crippen LogP contribution in [0.3, 0.4) is 0 Å². The monoisotopic (exact) mass is 364 g/mol. The average Bonchev–Trinajstić information content (AvgIpc) is 2.76. The largest absolute Gasteiger partial charge is 0.493 e. The molecule has 2 rings (SSSR count). The minimum atomic E-state index is 0.292. The van der Waals surface area contributed by atoms with Crippen LogP contribution in [-0.4, -0.2) is 23.6 Å². The SMILES string of the molecule is CCOc1cc2c(cc1C[C@@H](Br)CBr)OCO2. The van der Waals surface area contributed by atoms with Crippen molar-refractivity contribution in [2.24, 2.45) is 0 Å². The first-order valence-electron chi connectivity index (χ1n) is 5.50. The van der Waals surface area contributed by atoms with Gasteiger partial charge in [-0.1, -0.05) is 31.9 Å². The number of benzene rings is 1. The van der Waals surface area contributed by atoms with E-state index in [0.717, 1.165) is 34.6 Å². The van der Waals surface area contributed by atoms with Gasteiger partial charge in [0.2, 0.25) is 6.79 Å². The molecule has 0 aromatic heterocycles. The van der Waals surface area contributed by atoms with E-state index in [0.29, 0.717) is 18.2 Å². The Labute approximate surface area is 118 Å². The Hall–Kier alpha value is -0.420. The van der Waals surface area contributed by atoms with Crippen molar-refractivity contribution in [1.82, 2.24) is 0 Å². The molecule has 5 heteroatoms. The van der Waals surface area contributed by atoms with Crippen LogP contribution >= 0.6 is 31.9 Å². The van der Waals surface area contributed by atoms with Crippen LogP contribution in [0, 0.1) is 0 Å². The van der Waals surface area contributed by atoms with Crippen molar-refractivity contribution in [3.05, 3.63) is 17.7 Å². The summed E-state index contributed by atoms with van der Waals surface area (Å²) in [6.45, 7) is 2.92. The van der Waals surface area contributed by atoms with Crippen molar-refractivity contribution < 1.29 is 14.2 Å². The summed E-state index contributed by atoms with van der Waals surface area (Å²) in [4.78, 5) is 0.377. The number of rotatable bonds is 5. The van der Waals surface area contributed by atoms with Crippen molar-refractivity contribution in [2.75, 3.05) is 18.7 Å². The average molecular weight is 366 g/mol. The summed E-state index contributed by atoms with van der Waals surface area (Å²) in [5.74, 6) is 2.45. The van der Waals surface area contributed by atoms with Crippen LogP contribution in [0.2, 0.25) is 0 Å². The molecule has 0 bridgehead atoms. The van der Waals surface area contributed by atoms with Gasteiger partial charge in [0, 0.05) is 16.2 Å². The number of fused-ring (bicyclic) bond motifs is 1. The van der Waals surface area contributed by atoms with E-state index in [4.69, 9.17) is 14.2 Å². The van der Waals surface area contributed by atoms with Crippen LogP contribution in [0.15, 0.2) is 12.1 Å².